The highest BCUT2D eigenvalue weighted by atomic mass is 32.1. The van der Waals surface area contributed by atoms with Crippen molar-refractivity contribution in [2.75, 3.05) is 11.4 Å². The van der Waals surface area contributed by atoms with Gasteiger partial charge in [0.25, 0.3) is 5.56 Å². The van der Waals surface area contributed by atoms with Crippen molar-refractivity contribution in [1.29, 1.82) is 0 Å². The molecule has 28 heavy (non-hydrogen) atoms. The lowest BCUT2D eigenvalue weighted by Crippen LogP contribution is -2.47. The second-order valence-corrected chi connectivity index (χ2v) is 7.28. The Morgan fingerprint density at radius 1 is 1.36 bits per heavy atom. The number of aromatic nitrogens is 3. The number of aryl methyl sites for hydroxylation is 1. The van der Waals surface area contributed by atoms with Crippen LogP contribution in [0.2, 0.25) is 0 Å². The number of fused-ring (bicyclic) bond motifs is 2. The molecule has 3 aromatic rings. The number of nitrogens with zero attached hydrogens (tertiary/aromatic N) is 4. The van der Waals surface area contributed by atoms with E-state index in [-0.39, 0.29) is 24.6 Å². The molecule has 1 aliphatic rings. The zero-order chi connectivity index (χ0) is 19.8. The summed E-state index contributed by atoms with van der Waals surface area (Å²) in [5.74, 6) is -0.367. The molecule has 0 radical (unpaired) electrons. The third-order valence-corrected chi connectivity index (χ3v) is 5.05. The number of para-hydroxylation sites is 2. The van der Waals surface area contributed by atoms with E-state index in [0.29, 0.717) is 27.1 Å². The number of hydrogen-bond acceptors (Lipinski definition) is 8. The molecule has 1 amide bonds. The number of carbonyl (C=O) groups excluding carboxylic acids is 2. The van der Waals surface area contributed by atoms with Gasteiger partial charge in [0.05, 0.1) is 12.2 Å². The van der Waals surface area contributed by atoms with Gasteiger partial charge in [0.2, 0.25) is 17.0 Å². The summed E-state index contributed by atoms with van der Waals surface area (Å²) in [6.07, 6.45) is -0.948. The summed E-state index contributed by atoms with van der Waals surface area (Å²) in [5, 5.41) is 4.56. The van der Waals surface area contributed by atoms with Crippen molar-refractivity contribution in [3.63, 3.8) is 0 Å². The molecule has 4 rings (SSSR count). The largest absolute Gasteiger partial charge is 0.475 e. The van der Waals surface area contributed by atoms with Gasteiger partial charge in [0.1, 0.15) is 12.4 Å². The maximum Gasteiger partial charge on any atom is 0.349 e. The monoisotopic (exact) mass is 400 g/mol. The molecule has 3 heterocycles. The van der Waals surface area contributed by atoms with E-state index in [0.717, 1.165) is 0 Å². The summed E-state index contributed by atoms with van der Waals surface area (Å²) in [4.78, 5) is 42.5. The lowest BCUT2D eigenvalue weighted by Gasteiger charge is -2.33. The molecule has 1 aromatic carbocycles. The van der Waals surface area contributed by atoms with E-state index in [9.17, 15) is 14.4 Å². The van der Waals surface area contributed by atoms with E-state index in [4.69, 9.17) is 9.47 Å². The van der Waals surface area contributed by atoms with E-state index in [1.165, 1.54) is 33.7 Å². The first-order chi connectivity index (χ1) is 13.4. The van der Waals surface area contributed by atoms with Crippen molar-refractivity contribution in [2.45, 2.75) is 26.6 Å². The average molecular weight is 400 g/mol. The Kier molecular flexibility index (Phi) is 4.55. The van der Waals surface area contributed by atoms with Crippen molar-refractivity contribution in [3.05, 3.63) is 51.4 Å². The molecular formula is C18H16N4O5S. The second kappa shape index (κ2) is 7.04. The van der Waals surface area contributed by atoms with Crippen LogP contribution in [-0.2, 0) is 20.9 Å². The quantitative estimate of drug-likeness (QED) is 0.611. The van der Waals surface area contributed by atoms with E-state index in [2.05, 4.69) is 10.1 Å². The number of benzene rings is 1. The molecule has 144 valence electrons. The molecular weight excluding hydrogens is 384 g/mol. The Bertz CT molecular complexity index is 1140. The summed E-state index contributed by atoms with van der Waals surface area (Å²) in [6, 6.07) is 8.39. The maximum absolute atomic E-state index is 12.5. The van der Waals surface area contributed by atoms with Gasteiger partial charge in [-0.25, -0.2) is 9.78 Å². The molecule has 1 atom stereocenters. The van der Waals surface area contributed by atoms with Gasteiger partial charge in [-0.2, -0.15) is 9.61 Å². The molecule has 0 unspecified atom stereocenters. The van der Waals surface area contributed by atoms with Crippen LogP contribution in [0.4, 0.5) is 5.69 Å². The van der Waals surface area contributed by atoms with Crippen LogP contribution in [0.1, 0.15) is 17.6 Å². The summed E-state index contributed by atoms with van der Waals surface area (Å²) in [6.45, 7) is 3.09. The number of ether oxygens (including phenoxy) is 2. The molecule has 0 aliphatic carbocycles. The lowest BCUT2D eigenvalue weighted by atomic mass is 10.2. The molecule has 10 heteroatoms. The van der Waals surface area contributed by atoms with Crippen molar-refractivity contribution >= 4 is 33.9 Å². The standard InChI is InChI=1S/C18H16N4O5S/c1-10-7-16(24)22-18(19-10)28-15(20-22)9-26-17(25)14-8-21(11(2)23)12-5-3-4-6-13(12)27-14/h3-7,14H,8-9H2,1-2H3/t14-/m1/s1. The number of amides is 1. The van der Waals surface area contributed by atoms with Crippen LogP contribution in [0.25, 0.3) is 4.96 Å². The highest BCUT2D eigenvalue weighted by Gasteiger charge is 2.33. The lowest BCUT2D eigenvalue weighted by molar-refractivity contribution is -0.153. The zero-order valence-corrected chi connectivity index (χ0v) is 15.9. The van der Waals surface area contributed by atoms with Crippen LogP contribution in [0.5, 0.6) is 5.75 Å². The first-order valence-corrected chi connectivity index (χ1v) is 9.31. The number of carbonyl (C=O) groups is 2. The fourth-order valence-electron chi connectivity index (χ4n) is 2.90. The Balaban J connectivity index is 1.49. The van der Waals surface area contributed by atoms with E-state index < -0.39 is 12.1 Å². The van der Waals surface area contributed by atoms with Crippen molar-refractivity contribution in [3.8, 4) is 5.75 Å². The fourth-order valence-corrected chi connectivity index (χ4v) is 3.76. The topological polar surface area (TPSA) is 103 Å². The molecule has 0 fully saturated rings. The second-order valence-electron chi connectivity index (χ2n) is 6.24. The minimum absolute atomic E-state index is 0.0607. The van der Waals surface area contributed by atoms with Gasteiger partial charge in [-0.1, -0.05) is 23.5 Å². The van der Waals surface area contributed by atoms with Crippen LogP contribution in [0, 0.1) is 6.92 Å². The number of anilines is 1. The fraction of sp³-hybridized carbons (Fsp3) is 0.278. The van der Waals surface area contributed by atoms with E-state index >= 15 is 0 Å². The highest BCUT2D eigenvalue weighted by molar-refractivity contribution is 7.16. The highest BCUT2D eigenvalue weighted by Crippen LogP contribution is 2.33. The molecule has 9 nitrogen and oxygen atoms in total. The van der Waals surface area contributed by atoms with Crippen LogP contribution < -0.4 is 15.2 Å². The predicted octanol–water partition coefficient (Wildman–Crippen LogP) is 1.32. The van der Waals surface area contributed by atoms with Crippen molar-refractivity contribution in [1.82, 2.24) is 14.6 Å². The molecule has 0 saturated carbocycles. The van der Waals surface area contributed by atoms with Crippen molar-refractivity contribution in [2.24, 2.45) is 0 Å². The van der Waals surface area contributed by atoms with E-state index in [1.54, 1.807) is 31.2 Å². The van der Waals surface area contributed by atoms with E-state index in [1.807, 2.05) is 0 Å². The molecule has 0 bridgehead atoms. The zero-order valence-electron chi connectivity index (χ0n) is 15.1. The van der Waals surface area contributed by atoms with Gasteiger partial charge in [0.15, 0.2) is 5.01 Å². The van der Waals surface area contributed by atoms with Crippen LogP contribution >= 0.6 is 11.3 Å². The van der Waals surface area contributed by atoms with Gasteiger partial charge in [-0.3, -0.25) is 9.59 Å². The molecule has 1 aliphatic heterocycles. The van der Waals surface area contributed by atoms with Crippen molar-refractivity contribution < 1.29 is 19.1 Å². The average Bonchev–Trinajstić information content (AvgIpc) is 3.08. The summed E-state index contributed by atoms with van der Waals surface area (Å²) in [5.41, 5.74) is 0.919. The summed E-state index contributed by atoms with van der Waals surface area (Å²) < 4.78 is 12.2. The van der Waals surface area contributed by atoms with Crippen LogP contribution in [0.15, 0.2) is 35.1 Å². The minimum atomic E-state index is -0.948. The third kappa shape index (κ3) is 3.33. The first kappa shape index (κ1) is 18.1. The maximum atomic E-state index is 12.5. The molecule has 2 aromatic heterocycles. The van der Waals surface area contributed by atoms with Crippen LogP contribution in [0.3, 0.4) is 0 Å². The number of esters is 1. The predicted molar refractivity (Wildman–Crippen MR) is 101 cm³/mol. The Labute approximate surface area is 163 Å². The van der Waals surface area contributed by atoms with Gasteiger partial charge < -0.3 is 14.4 Å². The Morgan fingerprint density at radius 2 is 2.14 bits per heavy atom. The van der Waals surface area contributed by atoms with Gasteiger partial charge in [-0.05, 0) is 19.1 Å². The first-order valence-electron chi connectivity index (χ1n) is 8.49. The SMILES string of the molecule is CC(=O)N1C[C@H](C(=O)OCc2nn3c(=O)cc(C)nc3s2)Oc2ccccc21. The number of rotatable bonds is 3. The summed E-state index contributed by atoms with van der Waals surface area (Å²) in [7, 11) is 0. The van der Waals surface area contributed by atoms with Crippen LogP contribution in [-0.4, -0.2) is 39.1 Å². The summed E-state index contributed by atoms with van der Waals surface area (Å²) >= 11 is 1.17. The molecule has 0 saturated heterocycles. The molecule has 0 spiro atoms. The Morgan fingerprint density at radius 3 is 2.93 bits per heavy atom. The normalized spacial score (nSPS) is 15.8. The smallest absolute Gasteiger partial charge is 0.349 e. The van der Waals surface area contributed by atoms with Gasteiger partial charge in [-0.15, -0.1) is 0 Å². The van der Waals surface area contributed by atoms with Gasteiger partial charge >= 0.3 is 5.97 Å². The molecule has 0 N–H and O–H groups in total. The minimum Gasteiger partial charge on any atom is -0.475 e. The third-order valence-electron chi connectivity index (χ3n) is 4.17. The number of hydrogen-bond donors (Lipinski definition) is 0. The van der Waals surface area contributed by atoms with Gasteiger partial charge in [0, 0.05) is 18.7 Å². The Hall–Kier alpha value is -3.27.